The molecule has 5 heterocycles. The molecule has 2 amide bonds. The molecule has 0 spiro atoms. The number of piperidine rings is 1. The fourth-order valence-corrected chi connectivity index (χ4v) is 5.96. The summed E-state index contributed by atoms with van der Waals surface area (Å²) in [7, 11) is 0. The van der Waals surface area contributed by atoms with E-state index in [4.69, 9.17) is 0 Å². The Hall–Kier alpha value is -4.10. The van der Waals surface area contributed by atoms with Crippen LogP contribution >= 0.6 is 15.9 Å². The summed E-state index contributed by atoms with van der Waals surface area (Å²) in [6, 6.07) is 4.40. The molecule has 1 saturated carbocycles. The highest BCUT2D eigenvalue weighted by Crippen LogP contribution is 2.66. The molecule has 0 unspecified atom stereocenters. The number of carbonyl (C=O) groups is 3. The number of aliphatic hydroxyl groups is 1. The molecule has 2 fully saturated rings. The van der Waals surface area contributed by atoms with Crippen LogP contribution in [0.3, 0.4) is 0 Å². The van der Waals surface area contributed by atoms with Gasteiger partial charge in [0.1, 0.15) is 40.3 Å². The number of rotatable bonds is 6. The van der Waals surface area contributed by atoms with Gasteiger partial charge in [0.05, 0.1) is 17.4 Å². The van der Waals surface area contributed by atoms with E-state index in [-0.39, 0.29) is 18.0 Å². The molecule has 12 nitrogen and oxygen atoms in total. The number of likely N-dealkylation sites (tertiary alicyclic amines) is 1. The third-order valence-electron chi connectivity index (χ3n) is 8.04. The molecule has 0 bridgehead atoms. The van der Waals surface area contributed by atoms with Crippen LogP contribution in [0.5, 0.6) is 0 Å². The van der Waals surface area contributed by atoms with Gasteiger partial charge in [-0.25, -0.2) is 15.0 Å². The summed E-state index contributed by atoms with van der Waals surface area (Å²) < 4.78 is 1.96. The normalized spacial score (nSPS) is 23.0. The Kier molecular flexibility index (Phi) is 6.27. The molecule has 0 radical (unpaired) electrons. The van der Waals surface area contributed by atoms with Crippen molar-refractivity contribution in [3.05, 3.63) is 58.5 Å². The standard InChI is InChI=1S/C28H27BrN8O4/c1-14-5-6-22(29)33-25(14)34-26(40)20-8-27(4)13-28(27,41)37(20)23(39)12-36-21-11-32-19(17-9-30-16(3)31-10-17)7-18(21)24(35-36)15(2)38/h5-7,9-11,20,41H,8,12-13H2,1-4H3,(H,33,34,40)/t20-,27-,28-/m0/s1. The summed E-state index contributed by atoms with van der Waals surface area (Å²) in [5.74, 6) is -0.212. The van der Waals surface area contributed by atoms with E-state index in [0.29, 0.717) is 51.2 Å². The molecule has 1 saturated heterocycles. The van der Waals surface area contributed by atoms with E-state index >= 15 is 0 Å². The molecule has 2 aliphatic rings. The summed E-state index contributed by atoms with van der Waals surface area (Å²) in [5, 5.41) is 19.2. The summed E-state index contributed by atoms with van der Waals surface area (Å²) in [6.07, 6.45) is 5.51. The number of hydrogen-bond donors (Lipinski definition) is 2. The number of fused-ring (bicyclic) bond motifs is 2. The van der Waals surface area contributed by atoms with Crippen LogP contribution in [0.15, 0.2) is 41.4 Å². The molecule has 2 N–H and O–H groups in total. The number of aryl methyl sites for hydroxylation is 2. The van der Waals surface area contributed by atoms with Crippen molar-refractivity contribution in [3.63, 3.8) is 0 Å². The van der Waals surface area contributed by atoms with Crippen LogP contribution in [-0.4, -0.2) is 69.1 Å². The average Bonchev–Trinajstić information content (AvgIpc) is 3.18. The molecular weight excluding hydrogens is 592 g/mol. The minimum atomic E-state index is -1.45. The number of aromatic nitrogens is 6. The predicted octanol–water partition coefficient (Wildman–Crippen LogP) is 3.20. The molecular formula is C28H27BrN8O4. The van der Waals surface area contributed by atoms with Gasteiger partial charge in [-0.3, -0.25) is 24.0 Å². The van der Waals surface area contributed by atoms with Crippen LogP contribution in [0.1, 0.15) is 48.6 Å². The summed E-state index contributed by atoms with van der Waals surface area (Å²) >= 11 is 3.32. The third-order valence-corrected chi connectivity index (χ3v) is 8.48. The molecule has 1 aliphatic heterocycles. The second-order valence-electron chi connectivity index (χ2n) is 11.0. The number of halogens is 1. The van der Waals surface area contributed by atoms with Crippen molar-refractivity contribution < 1.29 is 19.5 Å². The fourth-order valence-electron chi connectivity index (χ4n) is 5.65. The first-order valence-corrected chi connectivity index (χ1v) is 13.8. The number of nitrogens with zero attached hydrogens (tertiary/aromatic N) is 7. The average molecular weight is 619 g/mol. The van der Waals surface area contributed by atoms with Crippen LogP contribution in [0, 0.1) is 19.3 Å². The SMILES string of the molecule is CC(=O)c1nn(CC(=O)N2[C@H](C(=O)Nc3nc(Br)ccc3C)C[C@@]3(C)C[C@@]23O)c2cnc(-c3cnc(C)nc3)cc12. The maximum atomic E-state index is 13.8. The van der Waals surface area contributed by atoms with Crippen molar-refractivity contribution in [1.29, 1.82) is 0 Å². The molecule has 210 valence electrons. The monoisotopic (exact) mass is 618 g/mol. The lowest BCUT2D eigenvalue weighted by atomic mass is 10.0. The van der Waals surface area contributed by atoms with E-state index < -0.39 is 29.0 Å². The van der Waals surface area contributed by atoms with Crippen molar-refractivity contribution in [2.24, 2.45) is 5.41 Å². The van der Waals surface area contributed by atoms with Crippen LogP contribution < -0.4 is 5.32 Å². The molecule has 0 aromatic carbocycles. The number of hydrogen-bond acceptors (Lipinski definition) is 9. The van der Waals surface area contributed by atoms with E-state index in [0.717, 1.165) is 5.56 Å². The summed E-state index contributed by atoms with van der Waals surface area (Å²) in [6.45, 7) is 6.57. The zero-order valence-electron chi connectivity index (χ0n) is 22.8. The van der Waals surface area contributed by atoms with Gasteiger partial charge in [-0.2, -0.15) is 5.10 Å². The first-order valence-electron chi connectivity index (χ1n) is 13.1. The van der Waals surface area contributed by atoms with Gasteiger partial charge in [0.15, 0.2) is 5.78 Å². The van der Waals surface area contributed by atoms with E-state index in [2.05, 4.69) is 46.3 Å². The van der Waals surface area contributed by atoms with Crippen molar-refractivity contribution in [2.45, 2.75) is 58.8 Å². The number of ketones is 1. The Morgan fingerprint density at radius 1 is 1.15 bits per heavy atom. The van der Waals surface area contributed by atoms with Gasteiger partial charge in [0.2, 0.25) is 11.8 Å². The van der Waals surface area contributed by atoms with Crippen molar-refractivity contribution in [3.8, 4) is 11.3 Å². The maximum Gasteiger partial charge on any atom is 0.248 e. The smallest absolute Gasteiger partial charge is 0.248 e. The van der Waals surface area contributed by atoms with E-state index in [1.807, 2.05) is 19.9 Å². The zero-order valence-corrected chi connectivity index (χ0v) is 24.4. The lowest BCUT2D eigenvalue weighted by Gasteiger charge is -2.30. The lowest BCUT2D eigenvalue weighted by molar-refractivity contribution is -0.151. The predicted molar refractivity (Wildman–Crippen MR) is 152 cm³/mol. The Balaban J connectivity index is 1.31. The number of Topliss-reactive ketones (excluding diaryl/α,β-unsaturated/α-hetero) is 1. The van der Waals surface area contributed by atoms with Crippen molar-refractivity contribution in [2.75, 3.05) is 5.32 Å². The maximum absolute atomic E-state index is 13.8. The van der Waals surface area contributed by atoms with Gasteiger partial charge in [-0.15, -0.1) is 0 Å². The highest BCUT2D eigenvalue weighted by molar-refractivity contribution is 9.10. The van der Waals surface area contributed by atoms with Gasteiger partial charge >= 0.3 is 0 Å². The minimum Gasteiger partial charge on any atom is -0.370 e. The second-order valence-corrected chi connectivity index (χ2v) is 11.8. The summed E-state index contributed by atoms with van der Waals surface area (Å²) in [5.41, 5.74) is 0.597. The molecule has 4 aromatic rings. The lowest BCUT2D eigenvalue weighted by Crippen LogP contribution is -2.51. The minimum absolute atomic E-state index is 0.186. The molecule has 13 heteroatoms. The van der Waals surface area contributed by atoms with Crippen LogP contribution in [0.4, 0.5) is 5.82 Å². The Bertz CT molecular complexity index is 1760. The van der Waals surface area contributed by atoms with E-state index in [1.165, 1.54) is 16.5 Å². The van der Waals surface area contributed by atoms with Crippen LogP contribution in [0.25, 0.3) is 22.2 Å². The Morgan fingerprint density at radius 3 is 2.59 bits per heavy atom. The van der Waals surface area contributed by atoms with E-state index in [9.17, 15) is 19.5 Å². The molecule has 6 rings (SSSR count). The first kappa shape index (κ1) is 27.1. The number of anilines is 1. The van der Waals surface area contributed by atoms with Crippen LogP contribution in [-0.2, 0) is 16.1 Å². The zero-order chi connectivity index (χ0) is 29.3. The van der Waals surface area contributed by atoms with Gasteiger partial charge < -0.3 is 15.3 Å². The number of carbonyl (C=O) groups excluding carboxylic acids is 3. The fraction of sp³-hybridized carbons (Fsp3) is 0.357. The van der Waals surface area contributed by atoms with Crippen molar-refractivity contribution >= 4 is 50.2 Å². The van der Waals surface area contributed by atoms with Crippen LogP contribution in [0.2, 0.25) is 0 Å². The quantitative estimate of drug-likeness (QED) is 0.244. The highest BCUT2D eigenvalue weighted by Gasteiger charge is 2.75. The second kappa shape index (κ2) is 9.48. The van der Waals surface area contributed by atoms with E-state index in [1.54, 1.807) is 37.6 Å². The molecule has 41 heavy (non-hydrogen) atoms. The molecule has 1 aliphatic carbocycles. The van der Waals surface area contributed by atoms with Gasteiger partial charge in [-0.1, -0.05) is 13.0 Å². The number of amides is 2. The largest absolute Gasteiger partial charge is 0.370 e. The molecule has 4 aromatic heterocycles. The Labute approximate surface area is 243 Å². The molecule has 3 atom stereocenters. The number of nitrogens with one attached hydrogen (secondary N) is 1. The van der Waals surface area contributed by atoms with Gasteiger partial charge in [-0.05, 0) is 53.9 Å². The third kappa shape index (κ3) is 4.49. The van der Waals surface area contributed by atoms with Gasteiger partial charge in [0, 0.05) is 42.1 Å². The summed E-state index contributed by atoms with van der Waals surface area (Å²) in [4.78, 5) is 58.3. The van der Waals surface area contributed by atoms with Gasteiger partial charge in [0.25, 0.3) is 0 Å². The highest BCUT2D eigenvalue weighted by atomic mass is 79.9. The first-order chi connectivity index (χ1) is 19.4. The number of pyridine rings is 2. The topological polar surface area (TPSA) is 156 Å². The Morgan fingerprint density at radius 2 is 1.88 bits per heavy atom. The van der Waals surface area contributed by atoms with Crippen molar-refractivity contribution in [1.82, 2.24) is 34.6 Å².